The molecule has 1 unspecified atom stereocenters. The average Bonchev–Trinajstić information content (AvgIpc) is 3.03. The van der Waals surface area contributed by atoms with Crippen molar-refractivity contribution >= 4 is 29.2 Å². The second kappa shape index (κ2) is 7.82. The van der Waals surface area contributed by atoms with Crippen LogP contribution in [-0.4, -0.2) is 57.6 Å². The van der Waals surface area contributed by atoms with Crippen molar-refractivity contribution in [2.24, 2.45) is 5.92 Å². The highest BCUT2D eigenvalue weighted by Gasteiger charge is 2.38. The van der Waals surface area contributed by atoms with Crippen LogP contribution in [0.5, 0.6) is 0 Å². The number of rotatable bonds is 4. The molecule has 2 aliphatic rings. The summed E-state index contributed by atoms with van der Waals surface area (Å²) in [5.74, 6) is -1.46. The molecule has 2 fully saturated rings. The summed E-state index contributed by atoms with van der Waals surface area (Å²) in [6.07, 6.45) is 1.78. The van der Waals surface area contributed by atoms with Gasteiger partial charge in [0.05, 0.1) is 5.92 Å². The van der Waals surface area contributed by atoms with Crippen LogP contribution in [0.4, 0.5) is 0 Å². The van der Waals surface area contributed by atoms with Crippen LogP contribution in [0.1, 0.15) is 24.8 Å². The average molecular weight is 361 g/mol. The minimum absolute atomic E-state index is 0.0318. The lowest BCUT2D eigenvalue weighted by Gasteiger charge is -2.38. The zero-order chi connectivity index (χ0) is 17.8. The molecular formula is C18H23N3O3S. The molecule has 6 nitrogen and oxygen atoms in total. The molecule has 2 heterocycles. The number of carboxylic acid groups (broad SMARTS) is 1. The predicted octanol–water partition coefficient (Wildman–Crippen LogP) is 1.46. The summed E-state index contributed by atoms with van der Waals surface area (Å²) in [4.78, 5) is 27.1. The Bertz CT molecular complexity index is 644. The van der Waals surface area contributed by atoms with Gasteiger partial charge >= 0.3 is 5.97 Å². The molecule has 0 saturated carbocycles. The fraction of sp³-hybridized carbons (Fsp3) is 0.500. The van der Waals surface area contributed by atoms with Gasteiger partial charge in [0.2, 0.25) is 5.91 Å². The first-order valence-electron chi connectivity index (χ1n) is 8.63. The number of aliphatic carboxylic acids is 1. The molecule has 0 aromatic heterocycles. The van der Waals surface area contributed by atoms with Crippen molar-refractivity contribution in [2.75, 3.05) is 19.6 Å². The van der Waals surface area contributed by atoms with E-state index in [0.717, 1.165) is 31.0 Å². The normalized spacial score (nSPS) is 21.4. The highest BCUT2D eigenvalue weighted by molar-refractivity contribution is 7.80. The molecule has 1 aromatic carbocycles. The molecule has 2 aliphatic heterocycles. The van der Waals surface area contributed by atoms with Crippen LogP contribution in [0.15, 0.2) is 30.3 Å². The van der Waals surface area contributed by atoms with Crippen molar-refractivity contribution in [3.63, 3.8) is 0 Å². The second-order valence-corrected chi connectivity index (χ2v) is 7.03. The highest BCUT2D eigenvalue weighted by Crippen LogP contribution is 2.25. The smallest absolute Gasteiger partial charge is 0.308 e. The van der Waals surface area contributed by atoms with Gasteiger partial charge in [-0.2, -0.15) is 0 Å². The van der Waals surface area contributed by atoms with E-state index >= 15 is 0 Å². The Balaban J connectivity index is 1.46. The lowest BCUT2D eigenvalue weighted by Crippen LogP contribution is -2.49. The van der Waals surface area contributed by atoms with Gasteiger partial charge in [-0.05, 0) is 30.6 Å². The number of nitrogens with zero attached hydrogens (tertiary/aromatic N) is 2. The monoisotopic (exact) mass is 361 g/mol. The van der Waals surface area contributed by atoms with E-state index in [9.17, 15) is 9.59 Å². The largest absolute Gasteiger partial charge is 0.481 e. The van der Waals surface area contributed by atoms with Gasteiger partial charge in [0.1, 0.15) is 0 Å². The number of carbonyl (C=O) groups excluding carboxylic acids is 1. The minimum Gasteiger partial charge on any atom is -0.481 e. The Morgan fingerprint density at radius 3 is 2.52 bits per heavy atom. The highest BCUT2D eigenvalue weighted by atomic mass is 32.1. The van der Waals surface area contributed by atoms with Gasteiger partial charge in [-0.25, -0.2) is 0 Å². The Kier molecular flexibility index (Phi) is 5.53. The standard InChI is InChI=1S/C18H23N3O3S/c22-16-10-14(17(23)24)12-21(16)15-6-8-20(9-7-15)18(25)19-11-13-4-2-1-3-5-13/h1-5,14-15H,6-12H2,(H,19,25)(H,23,24). The van der Waals surface area contributed by atoms with E-state index < -0.39 is 11.9 Å². The van der Waals surface area contributed by atoms with Gasteiger partial charge in [-0.3, -0.25) is 9.59 Å². The number of benzene rings is 1. The SMILES string of the molecule is O=C(O)C1CC(=O)N(C2CCN(C(=S)NCc3ccccc3)CC2)C1. The van der Waals surface area contributed by atoms with E-state index in [1.807, 2.05) is 18.2 Å². The third-order valence-electron chi connectivity index (χ3n) is 4.99. The maximum absolute atomic E-state index is 12.1. The van der Waals surface area contributed by atoms with Crippen LogP contribution < -0.4 is 5.32 Å². The quantitative estimate of drug-likeness (QED) is 0.791. The summed E-state index contributed by atoms with van der Waals surface area (Å²) < 4.78 is 0. The number of amides is 1. The molecule has 1 amide bonds. The molecule has 0 spiro atoms. The molecular weight excluding hydrogens is 338 g/mol. The van der Waals surface area contributed by atoms with E-state index in [2.05, 4.69) is 22.3 Å². The second-order valence-electron chi connectivity index (χ2n) is 6.65. The third-order valence-corrected chi connectivity index (χ3v) is 5.39. The molecule has 3 rings (SSSR count). The number of carboxylic acids is 1. The Labute approximate surface area is 152 Å². The van der Waals surface area contributed by atoms with Crippen LogP contribution in [0.25, 0.3) is 0 Å². The molecule has 1 aromatic rings. The van der Waals surface area contributed by atoms with Crippen molar-refractivity contribution < 1.29 is 14.7 Å². The zero-order valence-electron chi connectivity index (χ0n) is 14.1. The van der Waals surface area contributed by atoms with E-state index in [1.165, 1.54) is 5.56 Å². The van der Waals surface area contributed by atoms with E-state index in [1.54, 1.807) is 4.90 Å². The van der Waals surface area contributed by atoms with Crippen LogP contribution in [0.2, 0.25) is 0 Å². The summed E-state index contributed by atoms with van der Waals surface area (Å²) in [5.41, 5.74) is 1.18. The summed E-state index contributed by atoms with van der Waals surface area (Å²) in [6, 6.07) is 10.2. The first kappa shape index (κ1) is 17.7. The molecule has 0 bridgehead atoms. The van der Waals surface area contributed by atoms with Gasteiger partial charge in [0.25, 0.3) is 0 Å². The van der Waals surface area contributed by atoms with Crippen molar-refractivity contribution in [1.29, 1.82) is 0 Å². The number of hydrogen-bond donors (Lipinski definition) is 2. The van der Waals surface area contributed by atoms with Gasteiger partial charge in [0.15, 0.2) is 5.11 Å². The van der Waals surface area contributed by atoms with Gasteiger partial charge < -0.3 is 20.2 Å². The topological polar surface area (TPSA) is 72.9 Å². The molecule has 1 atom stereocenters. The van der Waals surface area contributed by atoms with Crippen LogP contribution in [0, 0.1) is 5.92 Å². The molecule has 0 radical (unpaired) electrons. The first-order valence-corrected chi connectivity index (χ1v) is 9.04. The molecule has 134 valence electrons. The number of thiocarbonyl (C=S) groups is 1. The lowest BCUT2D eigenvalue weighted by atomic mass is 10.0. The molecule has 7 heteroatoms. The maximum atomic E-state index is 12.1. The van der Waals surface area contributed by atoms with E-state index in [-0.39, 0.29) is 18.4 Å². The van der Waals surface area contributed by atoms with Crippen LogP contribution in [-0.2, 0) is 16.1 Å². The molecule has 2 saturated heterocycles. The Morgan fingerprint density at radius 1 is 1.24 bits per heavy atom. The van der Waals surface area contributed by atoms with Gasteiger partial charge in [-0.1, -0.05) is 30.3 Å². The Morgan fingerprint density at radius 2 is 1.92 bits per heavy atom. The minimum atomic E-state index is -0.875. The first-order chi connectivity index (χ1) is 12.0. The lowest BCUT2D eigenvalue weighted by molar-refractivity contribution is -0.141. The molecule has 2 N–H and O–H groups in total. The van der Waals surface area contributed by atoms with E-state index in [4.69, 9.17) is 17.3 Å². The fourth-order valence-electron chi connectivity index (χ4n) is 3.52. The number of likely N-dealkylation sites (tertiary alicyclic amines) is 2. The zero-order valence-corrected chi connectivity index (χ0v) is 14.9. The summed E-state index contributed by atoms with van der Waals surface area (Å²) in [5, 5.41) is 13.1. The fourth-order valence-corrected chi connectivity index (χ4v) is 3.77. The number of carbonyl (C=O) groups is 2. The Hall–Kier alpha value is -2.15. The van der Waals surface area contributed by atoms with Crippen molar-refractivity contribution in [1.82, 2.24) is 15.1 Å². The van der Waals surface area contributed by atoms with E-state index in [0.29, 0.717) is 13.1 Å². The third kappa shape index (κ3) is 4.28. The summed E-state index contributed by atoms with van der Waals surface area (Å²) in [7, 11) is 0. The number of hydrogen-bond acceptors (Lipinski definition) is 3. The van der Waals surface area contributed by atoms with Gasteiger partial charge in [-0.15, -0.1) is 0 Å². The van der Waals surface area contributed by atoms with Gasteiger partial charge in [0, 0.05) is 38.6 Å². The molecule has 25 heavy (non-hydrogen) atoms. The summed E-state index contributed by atoms with van der Waals surface area (Å²) >= 11 is 5.48. The van der Waals surface area contributed by atoms with Crippen LogP contribution >= 0.6 is 12.2 Å². The maximum Gasteiger partial charge on any atom is 0.308 e. The molecule has 0 aliphatic carbocycles. The van der Waals surface area contributed by atoms with Crippen molar-refractivity contribution in [3.8, 4) is 0 Å². The van der Waals surface area contributed by atoms with Crippen LogP contribution in [0.3, 0.4) is 0 Å². The summed E-state index contributed by atoms with van der Waals surface area (Å²) in [6.45, 7) is 2.61. The van der Waals surface area contributed by atoms with Crippen molar-refractivity contribution in [3.05, 3.63) is 35.9 Å². The predicted molar refractivity (Wildman–Crippen MR) is 97.9 cm³/mol. The van der Waals surface area contributed by atoms with Crippen molar-refractivity contribution in [2.45, 2.75) is 31.8 Å². The number of piperidine rings is 1. The number of nitrogens with one attached hydrogen (secondary N) is 1.